The average Bonchev–Trinajstić information content (AvgIpc) is 3.03. The Balaban J connectivity index is 2.00. The predicted molar refractivity (Wildman–Crippen MR) is 167 cm³/mol. The van der Waals surface area contributed by atoms with E-state index in [0.29, 0.717) is 17.7 Å². The van der Waals surface area contributed by atoms with Crippen molar-refractivity contribution in [3.05, 3.63) is 64.2 Å². The Bertz CT molecular complexity index is 1410. The quantitative estimate of drug-likeness (QED) is 0.0596. The highest BCUT2D eigenvalue weighted by Crippen LogP contribution is 2.21. The number of nitrogens with one attached hydrogen (secondary N) is 3. The summed E-state index contributed by atoms with van der Waals surface area (Å²) in [6.45, 7) is 3.52. The molecular weight excluding hydrogens is 618 g/mol. The number of urea groups is 1. The van der Waals surface area contributed by atoms with Crippen molar-refractivity contribution >= 4 is 47.1 Å². The molecule has 1 unspecified atom stereocenters. The summed E-state index contributed by atoms with van der Waals surface area (Å²) in [5, 5.41) is 18.6. The Morgan fingerprint density at radius 2 is 1.62 bits per heavy atom. The van der Waals surface area contributed by atoms with E-state index >= 15 is 0 Å². The van der Waals surface area contributed by atoms with Gasteiger partial charge in [0, 0.05) is 43.1 Å². The number of nitro groups is 1. The summed E-state index contributed by atoms with van der Waals surface area (Å²) in [4.78, 5) is 83.6. The maximum atomic E-state index is 13.3. The number of ether oxygens (including phenoxy) is 3. The van der Waals surface area contributed by atoms with Crippen molar-refractivity contribution in [1.82, 2.24) is 10.6 Å². The number of carbonyl (C=O) groups is 6. The fraction of sp³-hybridized carbons (Fsp3) is 0.419. The van der Waals surface area contributed by atoms with Gasteiger partial charge in [-0.3, -0.25) is 29.3 Å². The van der Waals surface area contributed by atoms with Crippen LogP contribution in [0.4, 0.5) is 21.0 Å². The number of amides is 4. The van der Waals surface area contributed by atoms with E-state index in [9.17, 15) is 38.9 Å². The van der Waals surface area contributed by atoms with Gasteiger partial charge >= 0.3 is 18.2 Å². The first-order valence-corrected chi connectivity index (χ1v) is 14.7. The van der Waals surface area contributed by atoms with Crippen LogP contribution in [0.1, 0.15) is 51.5 Å². The van der Waals surface area contributed by atoms with Gasteiger partial charge in [0.2, 0.25) is 11.8 Å². The fourth-order valence-electron chi connectivity index (χ4n) is 4.27. The van der Waals surface area contributed by atoms with Gasteiger partial charge in [-0.05, 0) is 48.6 Å². The average molecular weight is 658 g/mol. The van der Waals surface area contributed by atoms with Crippen LogP contribution in [0.15, 0.2) is 48.5 Å². The van der Waals surface area contributed by atoms with Gasteiger partial charge in [-0.25, -0.2) is 9.59 Å². The number of primary amides is 1. The number of carbonyl (C=O) groups excluding carboxylic acids is 6. The van der Waals surface area contributed by atoms with Crippen molar-refractivity contribution in [2.75, 3.05) is 19.0 Å². The fourth-order valence-corrected chi connectivity index (χ4v) is 4.27. The van der Waals surface area contributed by atoms with Crippen LogP contribution in [-0.4, -0.2) is 60.4 Å². The number of anilines is 1. The van der Waals surface area contributed by atoms with Crippen molar-refractivity contribution in [3.63, 3.8) is 0 Å². The number of nitro benzene ring substituents is 1. The van der Waals surface area contributed by atoms with Crippen molar-refractivity contribution in [2.24, 2.45) is 17.6 Å². The third-order valence-corrected chi connectivity index (χ3v) is 6.79. The molecule has 254 valence electrons. The first kappa shape index (κ1) is 37.6. The second-order valence-corrected chi connectivity index (χ2v) is 10.7. The highest BCUT2D eigenvalue weighted by atomic mass is 16.7. The summed E-state index contributed by atoms with van der Waals surface area (Å²) in [5.74, 6) is -2.95. The van der Waals surface area contributed by atoms with E-state index in [1.165, 1.54) is 31.4 Å². The topological polar surface area (TPSA) is 235 Å². The zero-order valence-electron chi connectivity index (χ0n) is 26.3. The molecule has 0 aliphatic heterocycles. The number of rotatable bonds is 18. The van der Waals surface area contributed by atoms with E-state index < -0.39 is 46.9 Å². The van der Waals surface area contributed by atoms with Crippen molar-refractivity contribution in [2.45, 2.75) is 58.6 Å². The molecule has 0 heterocycles. The number of Topliss-reactive ketones (excluding diaryl/α,β-unsaturated/α-hetero) is 1. The summed E-state index contributed by atoms with van der Waals surface area (Å²) < 4.78 is 14.6. The van der Waals surface area contributed by atoms with Crippen molar-refractivity contribution in [3.8, 4) is 5.75 Å². The first-order valence-electron chi connectivity index (χ1n) is 14.7. The summed E-state index contributed by atoms with van der Waals surface area (Å²) in [5.41, 5.74) is 5.92. The van der Waals surface area contributed by atoms with Gasteiger partial charge in [0.15, 0.2) is 5.78 Å². The zero-order valence-corrected chi connectivity index (χ0v) is 26.3. The van der Waals surface area contributed by atoms with Crippen molar-refractivity contribution < 1.29 is 47.9 Å². The molecule has 47 heavy (non-hydrogen) atoms. The molecule has 0 fully saturated rings. The second-order valence-electron chi connectivity index (χ2n) is 10.7. The van der Waals surface area contributed by atoms with E-state index in [1.54, 1.807) is 38.1 Å². The Morgan fingerprint density at radius 1 is 0.957 bits per heavy atom. The highest BCUT2D eigenvalue weighted by Gasteiger charge is 2.29. The number of methoxy groups -OCH3 is 1. The molecule has 2 atom stereocenters. The molecule has 2 aromatic rings. The summed E-state index contributed by atoms with van der Waals surface area (Å²) in [6.07, 6.45) is -0.954. The lowest BCUT2D eigenvalue weighted by Crippen LogP contribution is -2.45. The van der Waals surface area contributed by atoms with E-state index in [0.717, 1.165) is 0 Å². The number of benzene rings is 2. The predicted octanol–water partition coefficient (Wildman–Crippen LogP) is 3.37. The number of hydrogen-bond acceptors (Lipinski definition) is 11. The normalized spacial score (nSPS) is 11.8. The number of nitrogens with two attached hydrogens (primary N) is 1. The van der Waals surface area contributed by atoms with E-state index in [1.807, 2.05) is 0 Å². The molecule has 0 saturated heterocycles. The molecule has 16 heteroatoms. The summed E-state index contributed by atoms with van der Waals surface area (Å²) in [7, 11) is 1.21. The minimum absolute atomic E-state index is 0.0674. The van der Waals surface area contributed by atoms with Gasteiger partial charge in [-0.15, -0.1) is 0 Å². The number of non-ortho nitro benzene ring substituents is 1. The lowest BCUT2D eigenvalue weighted by atomic mass is 9.89. The van der Waals surface area contributed by atoms with Crippen LogP contribution in [0.5, 0.6) is 5.75 Å². The van der Waals surface area contributed by atoms with Crippen molar-refractivity contribution in [1.29, 1.82) is 0 Å². The minimum atomic E-state index is -1.02. The Morgan fingerprint density at radius 3 is 2.19 bits per heavy atom. The SMILES string of the molecule is COC(=O)CCC(=O)NC(C(=O)C[C@@H](CCCNC(N)=O)C(=O)Nc1ccc(COC(=O)Oc2ccc([N+](=O)[O-])cc2)cc1)C(C)C. The molecule has 0 bridgehead atoms. The van der Waals surface area contributed by atoms with Crippen LogP contribution in [0.25, 0.3) is 0 Å². The summed E-state index contributed by atoms with van der Waals surface area (Å²) >= 11 is 0. The Labute approximate surface area is 270 Å². The number of esters is 1. The minimum Gasteiger partial charge on any atom is -0.469 e. The molecular formula is C31H39N5O11. The first-order chi connectivity index (χ1) is 22.3. The van der Waals surface area contributed by atoms with Gasteiger partial charge in [0.25, 0.3) is 5.69 Å². The third-order valence-electron chi connectivity index (χ3n) is 6.79. The lowest BCUT2D eigenvalue weighted by Gasteiger charge is -2.24. The van der Waals surface area contributed by atoms with Gasteiger partial charge in [0.05, 0.1) is 24.5 Å². The zero-order chi connectivity index (χ0) is 34.9. The Hall–Kier alpha value is -5.54. The van der Waals surface area contributed by atoms with Crippen LogP contribution < -0.4 is 26.4 Å². The molecule has 4 amide bonds. The molecule has 0 saturated carbocycles. The van der Waals surface area contributed by atoms with Gasteiger partial charge in [-0.1, -0.05) is 26.0 Å². The van der Waals surface area contributed by atoms with Gasteiger partial charge in [-0.2, -0.15) is 0 Å². The van der Waals surface area contributed by atoms with E-state index in [2.05, 4.69) is 20.7 Å². The summed E-state index contributed by atoms with van der Waals surface area (Å²) in [6, 6.07) is 9.63. The molecule has 0 spiro atoms. The molecule has 2 aromatic carbocycles. The molecule has 0 aliphatic carbocycles. The maximum absolute atomic E-state index is 13.3. The highest BCUT2D eigenvalue weighted by molar-refractivity contribution is 5.97. The standard InChI is InChI=1S/C31H39N5O11/c1-19(2)28(35-26(38)14-15-27(39)45-3)25(37)17-21(5-4-16-33-30(32)41)29(40)34-22-8-6-20(7-9-22)18-46-31(42)47-24-12-10-23(11-13-24)36(43)44/h6-13,19,21,28H,4-5,14-18H2,1-3H3,(H,34,40)(H,35,38)(H3,32,33,41)/t21-,28?/m1/s1. The molecule has 0 aliphatic rings. The Kier molecular flexibility index (Phi) is 15.3. The van der Waals surface area contributed by atoms with Crippen LogP contribution in [0.2, 0.25) is 0 Å². The molecule has 5 N–H and O–H groups in total. The smallest absolute Gasteiger partial charge is 0.469 e. The van der Waals surface area contributed by atoms with Gasteiger partial charge in [0.1, 0.15) is 12.4 Å². The van der Waals surface area contributed by atoms with Crippen LogP contribution in [-0.2, 0) is 35.3 Å². The van der Waals surface area contributed by atoms with Gasteiger partial charge < -0.3 is 35.9 Å². The second kappa shape index (κ2) is 19.1. The van der Waals surface area contributed by atoms with E-state index in [4.69, 9.17) is 15.2 Å². The molecule has 0 aromatic heterocycles. The van der Waals surface area contributed by atoms with E-state index in [-0.39, 0.29) is 62.0 Å². The number of ketones is 1. The molecule has 16 nitrogen and oxygen atoms in total. The third kappa shape index (κ3) is 14.0. The van der Waals surface area contributed by atoms with Crippen LogP contribution in [0, 0.1) is 22.0 Å². The van der Waals surface area contributed by atoms with Crippen LogP contribution >= 0.6 is 0 Å². The lowest BCUT2D eigenvalue weighted by molar-refractivity contribution is -0.384. The maximum Gasteiger partial charge on any atom is 0.514 e. The monoisotopic (exact) mass is 657 g/mol. The van der Waals surface area contributed by atoms with Crippen LogP contribution in [0.3, 0.4) is 0 Å². The molecule has 2 rings (SSSR count). The molecule has 0 radical (unpaired) electrons. The number of hydrogen-bond donors (Lipinski definition) is 4. The number of nitrogens with zero attached hydrogens (tertiary/aromatic N) is 1. The largest absolute Gasteiger partial charge is 0.514 e.